The Kier molecular flexibility index (Phi) is 3.08. The van der Waals surface area contributed by atoms with Crippen LogP contribution in [-0.4, -0.2) is 21.9 Å². The molecular weight excluding hydrogens is 236 g/mol. The number of carbonyl (C=O) groups excluding carboxylic acids is 1. The molecule has 13 heavy (non-hydrogen) atoms. The maximum absolute atomic E-state index is 11.4. The van der Waals surface area contributed by atoms with Crippen LogP contribution in [0.25, 0.3) is 0 Å². The van der Waals surface area contributed by atoms with Crippen molar-refractivity contribution in [2.45, 2.75) is 19.4 Å². The summed E-state index contributed by atoms with van der Waals surface area (Å²) in [4.78, 5) is 11.4. The Labute approximate surface area is 84.8 Å². The van der Waals surface area contributed by atoms with Crippen LogP contribution in [0.4, 0.5) is 0 Å². The lowest BCUT2D eigenvalue weighted by atomic mass is 10.1. The molecule has 0 spiro atoms. The summed E-state index contributed by atoms with van der Waals surface area (Å²) in [6.45, 7) is 3.83. The van der Waals surface area contributed by atoms with Crippen molar-refractivity contribution >= 4 is 21.8 Å². The van der Waals surface area contributed by atoms with E-state index in [2.05, 4.69) is 30.9 Å². The first kappa shape index (κ1) is 10.2. The molecule has 0 fully saturated rings. The van der Waals surface area contributed by atoms with Gasteiger partial charge in [-0.05, 0) is 13.8 Å². The van der Waals surface area contributed by atoms with Gasteiger partial charge in [-0.1, -0.05) is 21.1 Å². The molecule has 0 aliphatic carbocycles. The van der Waals surface area contributed by atoms with Crippen molar-refractivity contribution in [1.29, 1.82) is 0 Å². The zero-order valence-corrected chi connectivity index (χ0v) is 9.09. The van der Waals surface area contributed by atoms with Crippen LogP contribution in [0.15, 0.2) is 16.9 Å². The second-order valence-corrected chi connectivity index (χ2v) is 3.92. The van der Waals surface area contributed by atoms with Gasteiger partial charge in [0.2, 0.25) is 0 Å². The van der Waals surface area contributed by atoms with Crippen molar-refractivity contribution in [1.82, 2.24) is 10.5 Å². The van der Waals surface area contributed by atoms with Crippen molar-refractivity contribution in [3.63, 3.8) is 0 Å². The van der Waals surface area contributed by atoms with Gasteiger partial charge in [0.05, 0.1) is 0 Å². The van der Waals surface area contributed by atoms with E-state index >= 15 is 0 Å². The van der Waals surface area contributed by atoms with E-state index in [0.717, 1.165) is 0 Å². The normalized spacial score (nSPS) is 11.3. The molecule has 0 atom stereocenters. The van der Waals surface area contributed by atoms with E-state index in [4.69, 9.17) is 0 Å². The Hall–Kier alpha value is -0.840. The molecule has 0 saturated carbocycles. The van der Waals surface area contributed by atoms with E-state index < -0.39 is 0 Å². The number of hydrogen-bond acceptors (Lipinski definition) is 3. The molecule has 0 aromatic carbocycles. The van der Waals surface area contributed by atoms with E-state index in [0.29, 0.717) is 11.0 Å². The molecule has 5 heteroatoms. The molecule has 0 radical (unpaired) electrons. The van der Waals surface area contributed by atoms with Crippen molar-refractivity contribution in [3.05, 3.63) is 18.0 Å². The van der Waals surface area contributed by atoms with Gasteiger partial charge in [0.1, 0.15) is 6.26 Å². The highest BCUT2D eigenvalue weighted by atomic mass is 79.9. The Balaban J connectivity index is 2.61. The predicted molar refractivity (Wildman–Crippen MR) is 51.8 cm³/mol. The van der Waals surface area contributed by atoms with E-state index in [1.165, 1.54) is 12.3 Å². The van der Waals surface area contributed by atoms with Crippen molar-refractivity contribution in [3.8, 4) is 0 Å². The second kappa shape index (κ2) is 3.91. The number of halogens is 1. The number of amides is 1. The number of aromatic nitrogens is 1. The van der Waals surface area contributed by atoms with E-state index in [1.54, 1.807) is 0 Å². The number of alkyl halides is 1. The minimum atomic E-state index is -0.282. The third-order valence-electron chi connectivity index (χ3n) is 1.46. The molecule has 72 valence electrons. The van der Waals surface area contributed by atoms with Crippen LogP contribution in [0.3, 0.4) is 0 Å². The molecular formula is C8H11BrN2O2. The molecule has 1 aromatic heterocycles. The van der Waals surface area contributed by atoms with Crippen LogP contribution in [-0.2, 0) is 0 Å². The summed E-state index contributed by atoms with van der Waals surface area (Å²) < 4.78 is 4.56. The highest BCUT2D eigenvalue weighted by Crippen LogP contribution is 2.07. The second-order valence-electron chi connectivity index (χ2n) is 3.36. The predicted octanol–water partition coefficient (Wildman–Crippen LogP) is 1.58. The van der Waals surface area contributed by atoms with Gasteiger partial charge in [0.15, 0.2) is 5.69 Å². The van der Waals surface area contributed by atoms with Crippen molar-refractivity contribution < 1.29 is 9.32 Å². The fourth-order valence-corrected chi connectivity index (χ4v) is 0.875. The van der Waals surface area contributed by atoms with Crippen LogP contribution < -0.4 is 5.32 Å². The quantitative estimate of drug-likeness (QED) is 0.825. The first-order valence-electron chi connectivity index (χ1n) is 3.84. The minimum absolute atomic E-state index is 0.224. The molecule has 0 aliphatic rings. The van der Waals surface area contributed by atoms with Crippen molar-refractivity contribution in [2.24, 2.45) is 0 Å². The zero-order chi connectivity index (χ0) is 9.90. The van der Waals surface area contributed by atoms with Crippen LogP contribution in [0, 0.1) is 0 Å². The molecule has 1 N–H and O–H groups in total. The minimum Gasteiger partial charge on any atom is -0.364 e. The largest absolute Gasteiger partial charge is 0.364 e. The number of nitrogens with one attached hydrogen (secondary N) is 1. The monoisotopic (exact) mass is 246 g/mol. The average Bonchev–Trinajstić information content (AvgIpc) is 2.55. The Morgan fingerprint density at radius 2 is 2.46 bits per heavy atom. The first-order chi connectivity index (χ1) is 6.05. The van der Waals surface area contributed by atoms with Gasteiger partial charge in [-0.15, -0.1) is 0 Å². The summed E-state index contributed by atoms with van der Waals surface area (Å²) in [5.41, 5.74) is 0.0183. The highest BCUT2D eigenvalue weighted by Gasteiger charge is 2.20. The summed E-state index contributed by atoms with van der Waals surface area (Å²) in [6, 6.07) is 1.53. The highest BCUT2D eigenvalue weighted by molar-refractivity contribution is 9.09. The number of rotatable bonds is 3. The van der Waals surface area contributed by atoms with E-state index in [-0.39, 0.29) is 11.4 Å². The summed E-state index contributed by atoms with van der Waals surface area (Å²) in [5, 5.41) is 7.02. The molecule has 4 nitrogen and oxygen atoms in total. The fraction of sp³-hybridized carbons (Fsp3) is 0.500. The number of carbonyl (C=O) groups is 1. The maximum atomic E-state index is 11.4. The lowest BCUT2D eigenvalue weighted by molar-refractivity contribution is 0.0912. The molecule has 1 heterocycles. The number of hydrogen-bond donors (Lipinski definition) is 1. The summed E-state index contributed by atoms with van der Waals surface area (Å²) >= 11 is 3.30. The molecule has 0 bridgehead atoms. The average molecular weight is 247 g/mol. The lowest BCUT2D eigenvalue weighted by Gasteiger charge is -2.22. The van der Waals surface area contributed by atoms with Gasteiger partial charge in [-0.2, -0.15) is 0 Å². The van der Waals surface area contributed by atoms with Crippen LogP contribution in [0.5, 0.6) is 0 Å². The number of nitrogens with zero attached hydrogens (tertiary/aromatic N) is 1. The van der Waals surface area contributed by atoms with Gasteiger partial charge in [0, 0.05) is 16.9 Å². The molecule has 1 aromatic rings. The molecule has 1 rings (SSSR count). The zero-order valence-electron chi connectivity index (χ0n) is 7.50. The van der Waals surface area contributed by atoms with Gasteiger partial charge in [0.25, 0.3) is 5.91 Å². The van der Waals surface area contributed by atoms with Crippen molar-refractivity contribution in [2.75, 3.05) is 5.33 Å². The summed E-state index contributed by atoms with van der Waals surface area (Å²) in [5.74, 6) is -0.224. The van der Waals surface area contributed by atoms with Crippen LogP contribution in [0.2, 0.25) is 0 Å². The topological polar surface area (TPSA) is 55.1 Å². The summed E-state index contributed by atoms with van der Waals surface area (Å²) in [7, 11) is 0. The molecule has 0 unspecified atom stereocenters. The summed E-state index contributed by atoms with van der Waals surface area (Å²) in [6.07, 6.45) is 1.37. The van der Waals surface area contributed by atoms with E-state index in [9.17, 15) is 4.79 Å². The van der Waals surface area contributed by atoms with Gasteiger partial charge in [-0.25, -0.2) is 0 Å². The molecule has 1 amide bonds. The van der Waals surface area contributed by atoms with Gasteiger partial charge in [-0.3, -0.25) is 4.79 Å². The fourth-order valence-electron chi connectivity index (χ4n) is 0.734. The third kappa shape index (κ3) is 2.84. The molecule has 0 aliphatic heterocycles. The first-order valence-corrected chi connectivity index (χ1v) is 4.96. The third-order valence-corrected chi connectivity index (χ3v) is 2.86. The Morgan fingerprint density at radius 1 is 1.77 bits per heavy atom. The Morgan fingerprint density at radius 3 is 2.92 bits per heavy atom. The van der Waals surface area contributed by atoms with Crippen LogP contribution in [0.1, 0.15) is 24.3 Å². The standard InChI is InChI=1S/C8H11BrN2O2/c1-8(2,5-9)10-7(12)6-3-4-13-11-6/h3-4H,5H2,1-2H3,(H,10,12). The Bertz CT molecular complexity index is 282. The van der Waals surface area contributed by atoms with Crippen LogP contribution >= 0.6 is 15.9 Å². The van der Waals surface area contributed by atoms with E-state index in [1.807, 2.05) is 13.8 Å². The van der Waals surface area contributed by atoms with Gasteiger partial charge >= 0.3 is 0 Å². The SMILES string of the molecule is CC(C)(CBr)NC(=O)c1ccon1. The van der Waals surface area contributed by atoms with Gasteiger partial charge < -0.3 is 9.84 Å². The lowest BCUT2D eigenvalue weighted by Crippen LogP contribution is -2.44. The maximum Gasteiger partial charge on any atom is 0.273 e. The smallest absolute Gasteiger partial charge is 0.273 e. The molecule has 0 saturated heterocycles.